The van der Waals surface area contributed by atoms with Crippen LogP contribution in [0.25, 0.3) is 0 Å². The van der Waals surface area contributed by atoms with Crippen molar-refractivity contribution in [2.75, 3.05) is 5.75 Å². The van der Waals surface area contributed by atoms with Gasteiger partial charge >= 0.3 is 0 Å². The first-order chi connectivity index (χ1) is 6.70. The molecule has 0 heterocycles. The predicted molar refractivity (Wildman–Crippen MR) is 73.7 cm³/mol. The van der Waals surface area contributed by atoms with Gasteiger partial charge in [-0.1, -0.05) is 34.6 Å². The first kappa shape index (κ1) is 15.3. The molecule has 0 aromatic heterocycles. The molecule has 1 nitrogen and oxygen atoms in total. The zero-order chi connectivity index (χ0) is 12.1. The molecule has 2 heteroatoms. The average Bonchev–Trinajstić information content (AvgIpc) is 1.97. The summed E-state index contributed by atoms with van der Waals surface area (Å²) < 4.78 is 0.386. The van der Waals surface area contributed by atoms with Gasteiger partial charge in [0.05, 0.1) is 0 Å². The third kappa shape index (κ3) is 10.6. The number of hydrogen-bond donors (Lipinski definition) is 1. The monoisotopic (exact) mass is 231 g/mol. The van der Waals surface area contributed by atoms with E-state index in [-0.39, 0.29) is 0 Å². The second-order valence-electron chi connectivity index (χ2n) is 6.02. The minimum Gasteiger partial charge on any atom is -0.311 e. The Bertz CT molecular complexity index is 160. The highest BCUT2D eigenvalue weighted by Gasteiger charge is 2.14. The quantitative estimate of drug-likeness (QED) is 0.743. The summed E-state index contributed by atoms with van der Waals surface area (Å²) >= 11 is 2.04. The Morgan fingerprint density at radius 2 is 1.53 bits per heavy atom. The van der Waals surface area contributed by atoms with E-state index in [2.05, 4.69) is 53.8 Å². The zero-order valence-corrected chi connectivity index (χ0v) is 12.4. The van der Waals surface area contributed by atoms with Crippen LogP contribution in [0.3, 0.4) is 0 Å². The molecule has 0 radical (unpaired) electrons. The van der Waals surface area contributed by atoms with Crippen molar-refractivity contribution in [3.8, 4) is 0 Å². The van der Waals surface area contributed by atoms with Crippen LogP contribution in [-0.4, -0.2) is 22.6 Å². The van der Waals surface area contributed by atoms with Crippen molar-refractivity contribution in [1.29, 1.82) is 0 Å². The Morgan fingerprint density at radius 1 is 1.00 bits per heavy atom. The van der Waals surface area contributed by atoms with Crippen molar-refractivity contribution in [2.45, 2.75) is 71.7 Å². The second kappa shape index (κ2) is 6.80. The molecule has 0 aliphatic rings. The molecule has 0 rings (SSSR count). The van der Waals surface area contributed by atoms with Crippen LogP contribution in [-0.2, 0) is 0 Å². The summed E-state index contributed by atoms with van der Waals surface area (Å²) in [5, 5.41) is 3.66. The van der Waals surface area contributed by atoms with Crippen LogP contribution >= 0.6 is 11.8 Å². The summed E-state index contributed by atoms with van der Waals surface area (Å²) in [6, 6.07) is 1.25. The molecule has 2 unspecified atom stereocenters. The maximum Gasteiger partial charge on any atom is 0.0132 e. The third-order valence-electron chi connectivity index (χ3n) is 2.16. The van der Waals surface area contributed by atoms with Crippen molar-refractivity contribution in [2.24, 2.45) is 5.92 Å². The minimum absolute atomic E-state index is 0.386. The van der Waals surface area contributed by atoms with Crippen LogP contribution in [0, 0.1) is 5.92 Å². The van der Waals surface area contributed by atoms with Gasteiger partial charge in [0.15, 0.2) is 0 Å². The minimum atomic E-state index is 0.386. The van der Waals surface area contributed by atoms with Crippen molar-refractivity contribution < 1.29 is 0 Å². The topological polar surface area (TPSA) is 12.0 Å². The Kier molecular flexibility index (Phi) is 6.94. The maximum absolute atomic E-state index is 3.66. The fourth-order valence-corrected chi connectivity index (χ4v) is 2.53. The SMILES string of the molecule is CC(C)CC(C)NC(C)CSC(C)(C)C. The standard InChI is InChI=1S/C13H29NS/c1-10(2)8-11(3)14-12(4)9-15-13(5,6)7/h10-12,14H,8-9H2,1-7H3. The summed E-state index contributed by atoms with van der Waals surface area (Å²) in [7, 11) is 0. The Balaban J connectivity index is 3.69. The largest absolute Gasteiger partial charge is 0.311 e. The van der Waals surface area contributed by atoms with Crippen LogP contribution in [0.15, 0.2) is 0 Å². The molecule has 1 N–H and O–H groups in total. The molecular weight excluding hydrogens is 202 g/mol. The van der Waals surface area contributed by atoms with Crippen LogP contribution in [0.2, 0.25) is 0 Å². The molecule has 0 aromatic rings. The molecule has 0 amide bonds. The van der Waals surface area contributed by atoms with Crippen molar-refractivity contribution in [1.82, 2.24) is 5.32 Å². The molecule has 0 spiro atoms. The van der Waals surface area contributed by atoms with Gasteiger partial charge < -0.3 is 5.32 Å². The van der Waals surface area contributed by atoms with Gasteiger partial charge in [-0.25, -0.2) is 0 Å². The lowest BCUT2D eigenvalue weighted by Crippen LogP contribution is -2.37. The van der Waals surface area contributed by atoms with Crippen LogP contribution < -0.4 is 5.32 Å². The average molecular weight is 231 g/mol. The predicted octanol–water partition coefficient (Wildman–Crippen LogP) is 3.93. The van der Waals surface area contributed by atoms with Crippen molar-refractivity contribution >= 4 is 11.8 Å². The Labute approximate surface area is 101 Å². The number of hydrogen-bond acceptors (Lipinski definition) is 2. The summed E-state index contributed by atoms with van der Waals surface area (Å²) in [6.07, 6.45) is 1.27. The van der Waals surface area contributed by atoms with Gasteiger partial charge in [0.2, 0.25) is 0 Å². The molecule has 2 atom stereocenters. The van der Waals surface area contributed by atoms with E-state index in [1.807, 2.05) is 11.8 Å². The fraction of sp³-hybridized carbons (Fsp3) is 1.00. The fourth-order valence-electron chi connectivity index (χ4n) is 1.68. The van der Waals surface area contributed by atoms with Gasteiger partial charge in [-0.15, -0.1) is 0 Å². The highest BCUT2D eigenvalue weighted by atomic mass is 32.2. The van der Waals surface area contributed by atoms with Crippen molar-refractivity contribution in [3.05, 3.63) is 0 Å². The van der Waals surface area contributed by atoms with E-state index in [4.69, 9.17) is 0 Å². The molecule has 15 heavy (non-hydrogen) atoms. The van der Waals surface area contributed by atoms with Crippen LogP contribution in [0.1, 0.15) is 54.9 Å². The Morgan fingerprint density at radius 3 is 1.93 bits per heavy atom. The number of thioether (sulfide) groups is 1. The van der Waals surface area contributed by atoms with Crippen LogP contribution in [0.4, 0.5) is 0 Å². The number of rotatable bonds is 6. The molecule has 0 bridgehead atoms. The Hall–Kier alpha value is 0.310. The van der Waals surface area contributed by atoms with Gasteiger partial charge in [-0.3, -0.25) is 0 Å². The van der Waals surface area contributed by atoms with Gasteiger partial charge in [-0.2, -0.15) is 11.8 Å². The lowest BCUT2D eigenvalue weighted by molar-refractivity contribution is 0.415. The molecule has 0 saturated heterocycles. The normalized spacial score (nSPS) is 16.8. The molecule has 0 fully saturated rings. The van der Waals surface area contributed by atoms with E-state index >= 15 is 0 Å². The van der Waals surface area contributed by atoms with Gasteiger partial charge in [-0.05, 0) is 26.2 Å². The highest BCUT2D eigenvalue weighted by Crippen LogP contribution is 2.23. The first-order valence-corrected chi connectivity index (χ1v) is 7.09. The molecule has 0 aliphatic carbocycles. The molecule has 0 aliphatic heterocycles. The van der Waals surface area contributed by atoms with E-state index < -0.39 is 0 Å². The van der Waals surface area contributed by atoms with Gasteiger partial charge in [0.25, 0.3) is 0 Å². The van der Waals surface area contributed by atoms with E-state index in [1.165, 1.54) is 12.2 Å². The summed E-state index contributed by atoms with van der Waals surface area (Å²) in [5.74, 6) is 1.99. The lowest BCUT2D eigenvalue weighted by atomic mass is 10.0. The molecular formula is C13H29NS. The molecule has 0 aromatic carbocycles. The van der Waals surface area contributed by atoms with Gasteiger partial charge in [0, 0.05) is 22.6 Å². The van der Waals surface area contributed by atoms with E-state index in [0.717, 1.165) is 5.92 Å². The summed E-state index contributed by atoms with van der Waals surface area (Å²) in [6.45, 7) is 16.0. The van der Waals surface area contributed by atoms with Crippen molar-refractivity contribution in [3.63, 3.8) is 0 Å². The number of nitrogens with one attached hydrogen (secondary N) is 1. The molecule has 92 valence electrons. The maximum atomic E-state index is 3.66. The highest BCUT2D eigenvalue weighted by molar-refractivity contribution is 8.00. The van der Waals surface area contributed by atoms with E-state index in [0.29, 0.717) is 16.8 Å². The van der Waals surface area contributed by atoms with Crippen LogP contribution in [0.5, 0.6) is 0 Å². The second-order valence-corrected chi connectivity index (χ2v) is 7.87. The first-order valence-electron chi connectivity index (χ1n) is 6.10. The summed E-state index contributed by atoms with van der Waals surface area (Å²) in [5.41, 5.74) is 0. The van der Waals surface area contributed by atoms with E-state index in [1.54, 1.807) is 0 Å². The zero-order valence-electron chi connectivity index (χ0n) is 11.6. The smallest absolute Gasteiger partial charge is 0.0132 e. The summed E-state index contributed by atoms with van der Waals surface area (Å²) in [4.78, 5) is 0. The third-order valence-corrected chi connectivity index (χ3v) is 3.69. The van der Waals surface area contributed by atoms with Gasteiger partial charge in [0.1, 0.15) is 0 Å². The molecule has 0 saturated carbocycles. The van der Waals surface area contributed by atoms with E-state index in [9.17, 15) is 0 Å². The lowest BCUT2D eigenvalue weighted by Gasteiger charge is -2.24.